The molecule has 0 spiro atoms. The third kappa shape index (κ3) is 7.00. The van der Waals surface area contributed by atoms with Crippen LogP contribution in [0.25, 0.3) is 11.3 Å². The first-order chi connectivity index (χ1) is 19.0. The van der Waals surface area contributed by atoms with Crippen LogP contribution in [0.4, 0.5) is 11.4 Å². The van der Waals surface area contributed by atoms with Crippen LogP contribution in [0, 0.1) is 0 Å². The van der Waals surface area contributed by atoms with E-state index in [2.05, 4.69) is 31.1 Å². The molecule has 0 aliphatic carbocycles. The number of ether oxygens (including phenoxy) is 1. The summed E-state index contributed by atoms with van der Waals surface area (Å²) < 4.78 is 7.07. The fraction of sp³-hybridized carbons (Fsp3) is 0.207. The highest BCUT2D eigenvalue weighted by atomic mass is 79.9. The van der Waals surface area contributed by atoms with Crippen LogP contribution in [0.2, 0.25) is 0 Å². The maximum absolute atomic E-state index is 12.8. The number of benzene rings is 3. The summed E-state index contributed by atoms with van der Waals surface area (Å²) in [5.41, 5.74) is 4.46. The topological polar surface area (TPSA) is 74.8 Å². The Morgan fingerprint density at radius 3 is 2.33 bits per heavy atom. The van der Waals surface area contributed by atoms with Crippen LogP contribution < -0.4 is 15.0 Å². The summed E-state index contributed by atoms with van der Waals surface area (Å²) in [6.45, 7) is 2.81. The Kier molecular flexibility index (Phi) is 8.85. The van der Waals surface area contributed by atoms with Gasteiger partial charge in [-0.05, 0) is 60.7 Å². The van der Waals surface area contributed by atoms with Crippen molar-refractivity contribution in [3.63, 3.8) is 0 Å². The Morgan fingerprint density at radius 1 is 0.974 bits per heavy atom. The summed E-state index contributed by atoms with van der Waals surface area (Å²) in [5, 5.41) is 4.98. The summed E-state index contributed by atoms with van der Waals surface area (Å²) >= 11 is 6.42. The van der Waals surface area contributed by atoms with Crippen LogP contribution in [-0.2, 0) is 4.79 Å². The molecule has 2 heterocycles. The number of carbonyl (C=O) groups is 2. The highest BCUT2D eigenvalue weighted by molar-refractivity contribution is 9.10. The van der Waals surface area contributed by atoms with Crippen molar-refractivity contribution in [2.24, 2.45) is 0 Å². The van der Waals surface area contributed by atoms with E-state index in [-0.39, 0.29) is 11.8 Å². The van der Waals surface area contributed by atoms with Crippen molar-refractivity contribution >= 4 is 62.2 Å². The second kappa shape index (κ2) is 12.7. The Labute approximate surface area is 244 Å². The van der Waals surface area contributed by atoms with Crippen molar-refractivity contribution in [1.29, 1.82) is 0 Å². The van der Waals surface area contributed by atoms with Gasteiger partial charge in [0.15, 0.2) is 4.34 Å². The van der Waals surface area contributed by atoms with Gasteiger partial charge >= 0.3 is 0 Å². The van der Waals surface area contributed by atoms with E-state index in [4.69, 9.17) is 4.74 Å². The smallest absolute Gasteiger partial charge is 0.253 e. The molecule has 2 amide bonds. The molecule has 4 aromatic rings. The third-order valence-electron chi connectivity index (χ3n) is 6.37. The molecule has 1 fully saturated rings. The zero-order chi connectivity index (χ0) is 27.2. The minimum absolute atomic E-state index is 0.0375. The maximum Gasteiger partial charge on any atom is 0.253 e. The van der Waals surface area contributed by atoms with E-state index in [9.17, 15) is 9.59 Å². The van der Waals surface area contributed by atoms with E-state index in [1.54, 1.807) is 30.6 Å². The molecule has 0 bridgehead atoms. The van der Waals surface area contributed by atoms with Crippen molar-refractivity contribution in [1.82, 2.24) is 9.88 Å². The number of halogens is 1. The van der Waals surface area contributed by atoms with Gasteiger partial charge in [0.25, 0.3) is 5.91 Å². The SMILES string of the molecule is COc1ccc(C(=O)N2CCN(c3ccc(NC(=O)CSc4nc(-c5ccc(Br)cc5)cs4)cc3)CC2)cc1. The van der Waals surface area contributed by atoms with Crippen molar-refractivity contribution in [2.75, 3.05) is 49.3 Å². The molecular weight excluding hydrogens is 596 g/mol. The fourth-order valence-electron chi connectivity index (χ4n) is 4.24. The van der Waals surface area contributed by atoms with Gasteiger partial charge < -0.3 is 19.9 Å². The first-order valence-electron chi connectivity index (χ1n) is 12.4. The van der Waals surface area contributed by atoms with Crippen LogP contribution in [0.3, 0.4) is 0 Å². The highest BCUT2D eigenvalue weighted by Gasteiger charge is 2.22. The normalized spacial score (nSPS) is 13.3. The van der Waals surface area contributed by atoms with Crippen molar-refractivity contribution in [3.8, 4) is 17.0 Å². The number of carbonyl (C=O) groups excluding carboxylic acids is 2. The average Bonchev–Trinajstić information content (AvgIpc) is 3.46. The number of piperazine rings is 1. The van der Waals surface area contributed by atoms with Gasteiger partial charge in [-0.25, -0.2) is 4.98 Å². The van der Waals surface area contributed by atoms with Gasteiger partial charge in [-0.1, -0.05) is 39.8 Å². The van der Waals surface area contributed by atoms with E-state index in [1.807, 2.05) is 70.9 Å². The summed E-state index contributed by atoms with van der Waals surface area (Å²) in [6.07, 6.45) is 0. The molecule has 10 heteroatoms. The van der Waals surface area contributed by atoms with E-state index in [0.29, 0.717) is 24.4 Å². The van der Waals surface area contributed by atoms with Crippen LogP contribution in [0.5, 0.6) is 5.75 Å². The number of nitrogens with zero attached hydrogens (tertiary/aromatic N) is 3. The molecule has 0 radical (unpaired) electrons. The van der Waals surface area contributed by atoms with Gasteiger partial charge in [-0.2, -0.15) is 0 Å². The van der Waals surface area contributed by atoms with Crippen molar-refractivity contribution < 1.29 is 14.3 Å². The molecule has 3 aromatic carbocycles. The van der Waals surface area contributed by atoms with E-state index < -0.39 is 0 Å². The molecule has 1 N–H and O–H groups in total. The van der Waals surface area contributed by atoms with Crippen molar-refractivity contribution in [3.05, 3.63) is 88.2 Å². The molecule has 0 saturated carbocycles. The zero-order valence-corrected chi connectivity index (χ0v) is 24.5. The summed E-state index contributed by atoms with van der Waals surface area (Å²) in [7, 11) is 1.61. The number of nitrogens with one attached hydrogen (secondary N) is 1. The van der Waals surface area contributed by atoms with Crippen LogP contribution in [0.15, 0.2) is 87.0 Å². The zero-order valence-electron chi connectivity index (χ0n) is 21.3. The standard InChI is InChI=1S/C29H27BrN4O3S2/c1-37-25-12-4-21(5-13-25)28(36)34-16-14-33(15-17-34)24-10-8-23(9-11-24)31-27(35)19-39-29-32-26(18-38-29)20-2-6-22(30)7-3-20/h2-13,18H,14-17,19H2,1H3,(H,31,35). The highest BCUT2D eigenvalue weighted by Crippen LogP contribution is 2.29. The second-order valence-electron chi connectivity index (χ2n) is 8.90. The molecule has 39 heavy (non-hydrogen) atoms. The Bertz CT molecular complexity index is 1420. The Hall–Kier alpha value is -3.34. The molecule has 1 aromatic heterocycles. The number of anilines is 2. The number of hydrogen-bond donors (Lipinski definition) is 1. The summed E-state index contributed by atoms with van der Waals surface area (Å²) in [5.74, 6) is 0.994. The van der Waals surface area contributed by atoms with Gasteiger partial charge in [-0.15, -0.1) is 11.3 Å². The minimum Gasteiger partial charge on any atom is -0.497 e. The number of methoxy groups -OCH3 is 1. The van der Waals surface area contributed by atoms with E-state index >= 15 is 0 Å². The summed E-state index contributed by atoms with van der Waals surface area (Å²) in [4.78, 5) is 34.1. The third-order valence-corrected chi connectivity index (χ3v) is 8.92. The van der Waals surface area contributed by atoms with Gasteiger partial charge in [0.2, 0.25) is 5.91 Å². The number of thioether (sulfide) groups is 1. The van der Waals surface area contributed by atoms with Crippen molar-refractivity contribution in [2.45, 2.75) is 4.34 Å². The lowest BCUT2D eigenvalue weighted by atomic mass is 10.1. The quantitative estimate of drug-likeness (QED) is 0.233. The van der Waals surface area contributed by atoms with E-state index in [0.717, 1.165) is 50.3 Å². The van der Waals surface area contributed by atoms with Gasteiger partial charge in [0.1, 0.15) is 5.75 Å². The predicted octanol–water partition coefficient (Wildman–Crippen LogP) is 6.27. The first kappa shape index (κ1) is 27.2. The first-order valence-corrected chi connectivity index (χ1v) is 15.1. The van der Waals surface area contributed by atoms with Crippen LogP contribution >= 0.6 is 39.0 Å². The molecule has 1 aliphatic rings. The van der Waals surface area contributed by atoms with Gasteiger partial charge in [-0.3, -0.25) is 9.59 Å². The monoisotopic (exact) mass is 622 g/mol. The molecule has 7 nitrogen and oxygen atoms in total. The Morgan fingerprint density at radius 2 is 1.67 bits per heavy atom. The van der Waals surface area contributed by atoms with E-state index in [1.165, 1.54) is 11.8 Å². The largest absolute Gasteiger partial charge is 0.497 e. The maximum atomic E-state index is 12.8. The lowest BCUT2D eigenvalue weighted by Gasteiger charge is -2.36. The summed E-state index contributed by atoms with van der Waals surface area (Å²) in [6, 6.07) is 23.1. The lowest BCUT2D eigenvalue weighted by molar-refractivity contribution is -0.113. The minimum atomic E-state index is -0.0706. The number of hydrogen-bond acceptors (Lipinski definition) is 7. The fourth-order valence-corrected chi connectivity index (χ4v) is 6.14. The second-order valence-corrected chi connectivity index (χ2v) is 11.9. The Balaban J connectivity index is 1.08. The molecular formula is C29H27BrN4O3S2. The lowest BCUT2D eigenvalue weighted by Crippen LogP contribution is -2.48. The van der Waals surface area contributed by atoms with Crippen LogP contribution in [-0.4, -0.2) is 60.7 Å². The molecule has 5 rings (SSSR count). The predicted molar refractivity (Wildman–Crippen MR) is 162 cm³/mol. The number of amides is 2. The number of thiazole rings is 1. The number of aromatic nitrogens is 1. The van der Waals surface area contributed by atoms with Crippen LogP contribution in [0.1, 0.15) is 10.4 Å². The molecule has 0 atom stereocenters. The molecule has 0 unspecified atom stereocenters. The average molecular weight is 624 g/mol. The number of rotatable bonds is 8. The molecule has 1 saturated heterocycles. The molecule has 1 aliphatic heterocycles. The van der Waals surface area contributed by atoms with Gasteiger partial charge in [0, 0.05) is 58.5 Å². The van der Waals surface area contributed by atoms with Gasteiger partial charge in [0.05, 0.1) is 18.6 Å². The molecule has 200 valence electrons.